The van der Waals surface area contributed by atoms with E-state index in [-0.39, 0.29) is 25.5 Å². The Labute approximate surface area is 134 Å². The smallest absolute Gasteiger partial charge is 0.0160 e. The summed E-state index contributed by atoms with van der Waals surface area (Å²) in [6.07, 6.45) is 5.25. The molecule has 2 aromatic rings. The van der Waals surface area contributed by atoms with Crippen molar-refractivity contribution in [3.8, 4) is 11.3 Å². The third-order valence-electron chi connectivity index (χ3n) is 4.11. The summed E-state index contributed by atoms with van der Waals surface area (Å²) in [6.45, 7) is 6.81. The van der Waals surface area contributed by atoms with Gasteiger partial charge >= 0.3 is 0 Å². The second-order valence-corrected chi connectivity index (χ2v) is 5.58. The molecule has 0 bridgehead atoms. The minimum absolute atomic E-state index is 0. The van der Waals surface area contributed by atoms with E-state index in [4.69, 9.17) is 0 Å². The molecule has 1 heterocycles. The van der Waals surface area contributed by atoms with Gasteiger partial charge in [0.05, 0.1) is 0 Å². The van der Waals surface area contributed by atoms with Crippen molar-refractivity contribution in [1.82, 2.24) is 4.98 Å². The van der Waals surface area contributed by atoms with Crippen molar-refractivity contribution < 1.29 is 20.1 Å². The van der Waals surface area contributed by atoms with Crippen molar-refractivity contribution >= 4 is 6.08 Å². The van der Waals surface area contributed by atoms with Gasteiger partial charge in [-0.1, -0.05) is 44.6 Å². The van der Waals surface area contributed by atoms with E-state index in [0.29, 0.717) is 0 Å². The molecule has 0 saturated heterocycles. The molecule has 0 N–H and O–H groups in total. The van der Waals surface area contributed by atoms with Crippen molar-refractivity contribution in [2.24, 2.45) is 0 Å². The standard InChI is InChI=1S/C18H18N.Ir/c1-4-15-12-14-11-13(17-7-5-6-10-19-17)8-9-16(14)18(15,2)3;/h5-7,9-12H,4H2,1-3H3;/q-1;. The van der Waals surface area contributed by atoms with Crippen LogP contribution in [0, 0.1) is 6.07 Å². The number of allylic oxidation sites excluding steroid dienone is 1. The Morgan fingerprint density at radius 2 is 2.05 bits per heavy atom. The van der Waals surface area contributed by atoms with Crippen molar-refractivity contribution in [3.05, 3.63) is 59.3 Å². The molecule has 1 aromatic carbocycles. The Kier molecular flexibility index (Phi) is 4.27. The van der Waals surface area contributed by atoms with Crippen LogP contribution in [-0.2, 0) is 25.5 Å². The van der Waals surface area contributed by atoms with Crippen LogP contribution >= 0.6 is 0 Å². The zero-order valence-electron chi connectivity index (χ0n) is 12.0. The SMILES string of the molecule is CCC1=Cc2cc(-c3ccccn3)[c-]cc2C1(C)C.[Ir]. The third kappa shape index (κ3) is 2.39. The molecule has 0 aliphatic heterocycles. The molecule has 0 saturated carbocycles. The molecular weight excluding hydrogens is 422 g/mol. The molecule has 105 valence electrons. The number of aromatic nitrogens is 1. The van der Waals surface area contributed by atoms with Gasteiger partial charge in [0, 0.05) is 26.3 Å². The van der Waals surface area contributed by atoms with Crippen molar-refractivity contribution in [1.29, 1.82) is 0 Å². The van der Waals surface area contributed by atoms with Gasteiger partial charge in [-0.3, -0.25) is 0 Å². The Hall–Kier alpha value is -1.24. The van der Waals surface area contributed by atoms with Gasteiger partial charge in [0.25, 0.3) is 0 Å². The van der Waals surface area contributed by atoms with Gasteiger partial charge in [-0.05, 0) is 23.6 Å². The molecule has 2 heteroatoms. The van der Waals surface area contributed by atoms with Gasteiger partial charge in [0.1, 0.15) is 0 Å². The summed E-state index contributed by atoms with van der Waals surface area (Å²) in [5, 5.41) is 0. The molecule has 1 aliphatic rings. The molecule has 1 nitrogen and oxygen atoms in total. The molecule has 1 aliphatic carbocycles. The minimum atomic E-state index is 0. The van der Waals surface area contributed by atoms with Crippen LogP contribution in [-0.4, -0.2) is 4.98 Å². The number of benzene rings is 1. The summed E-state index contributed by atoms with van der Waals surface area (Å²) < 4.78 is 0. The van der Waals surface area contributed by atoms with E-state index >= 15 is 0 Å². The van der Waals surface area contributed by atoms with Crippen LogP contribution in [0.1, 0.15) is 38.3 Å². The fraction of sp³-hybridized carbons (Fsp3) is 0.278. The van der Waals surface area contributed by atoms with Gasteiger partial charge < -0.3 is 4.98 Å². The molecule has 20 heavy (non-hydrogen) atoms. The second kappa shape index (κ2) is 5.63. The first kappa shape index (κ1) is 15.2. The molecule has 0 amide bonds. The number of pyridine rings is 1. The molecule has 0 atom stereocenters. The molecule has 0 fully saturated rings. The number of fused-ring (bicyclic) bond motifs is 1. The van der Waals surface area contributed by atoms with Gasteiger partial charge in [0.15, 0.2) is 0 Å². The predicted molar refractivity (Wildman–Crippen MR) is 79.8 cm³/mol. The maximum absolute atomic E-state index is 4.40. The van der Waals surface area contributed by atoms with E-state index in [9.17, 15) is 0 Å². The van der Waals surface area contributed by atoms with Crippen LogP contribution in [0.15, 0.2) is 42.1 Å². The average molecular weight is 441 g/mol. The molecule has 0 unspecified atom stereocenters. The molecule has 1 radical (unpaired) electrons. The van der Waals surface area contributed by atoms with E-state index in [1.54, 1.807) is 0 Å². The van der Waals surface area contributed by atoms with Crippen LogP contribution in [0.2, 0.25) is 0 Å². The fourth-order valence-corrected chi connectivity index (χ4v) is 2.92. The largest absolute Gasteiger partial charge is 0.305 e. The summed E-state index contributed by atoms with van der Waals surface area (Å²) in [5.41, 5.74) is 6.40. The third-order valence-corrected chi connectivity index (χ3v) is 4.11. The van der Waals surface area contributed by atoms with Crippen LogP contribution in [0.25, 0.3) is 17.3 Å². The van der Waals surface area contributed by atoms with Crippen LogP contribution in [0.5, 0.6) is 0 Å². The zero-order valence-corrected chi connectivity index (χ0v) is 14.4. The van der Waals surface area contributed by atoms with Gasteiger partial charge in [0.2, 0.25) is 0 Å². The summed E-state index contributed by atoms with van der Waals surface area (Å²) in [5.74, 6) is 0. The number of rotatable bonds is 2. The van der Waals surface area contributed by atoms with E-state index in [0.717, 1.165) is 17.7 Å². The van der Waals surface area contributed by atoms with E-state index < -0.39 is 0 Å². The molecule has 1 aromatic heterocycles. The summed E-state index contributed by atoms with van der Waals surface area (Å²) in [7, 11) is 0. The van der Waals surface area contributed by atoms with Crippen molar-refractivity contribution in [2.45, 2.75) is 32.6 Å². The first-order valence-electron chi connectivity index (χ1n) is 6.81. The molecule has 0 spiro atoms. The topological polar surface area (TPSA) is 12.9 Å². The van der Waals surface area contributed by atoms with Gasteiger partial charge in [-0.25, -0.2) is 0 Å². The average Bonchev–Trinajstić information content (AvgIpc) is 2.70. The Morgan fingerprint density at radius 1 is 1.25 bits per heavy atom. The molecular formula is C18H18IrN-. The van der Waals surface area contributed by atoms with E-state index in [1.165, 1.54) is 16.7 Å². The van der Waals surface area contributed by atoms with Gasteiger partial charge in [-0.15, -0.1) is 34.9 Å². The van der Waals surface area contributed by atoms with Crippen LogP contribution < -0.4 is 0 Å². The first-order valence-corrected chi connectivity index (χ1v) is 6.81. The fourth-order valence-electron chi connectivity index (χ4n) is 2.92. The minimum Gasteiger partial charge on any atom is -0.305 e. The normalized spacial score (nSPS) is 15.2. The molecule has 3 rings (SSSR count). The monoisotopic (exact) mass is 441 g/mol. The van der Waals surface area contributed by atoms with E-state index in [2.05, 4.69) is 50.0 Å². The Bertz CT molecular complexity index is 642. The van der Waals surface area contributed by atoms with Crippen molar-refractivity contribution in [2.75, 3.05) is 0 Å². The summed E-state index contributed by atoms with van der Waals surface area (Å²) >= 11 is 0. The number of nitrogens with zero attached hydrogens (tertiary/aromatic N) is 1. The second-order valence-electron chi connectivity index (χ2n) is 5.58. The Balaban J connectivity index is 0.00000147. The van der Waals surface area contributed by atoms with Crippen molar-refractivity contribution in [3.63, 3.8) is 0 Å². The zero-order chi connectivity index (χ0) is 13.5. The maximum Gasteiger partial charge on any atom is 0.0160 e. The first-order chi connectivity index (χ1) is 9.13. The summed E-state index contributed by atoms with van der Waals surface area (Å²) in [4.78, 5) is 4.40. The van der Waals surface area contributed by atoms with E-state index in [1.807, 2.05) is 24.4 Å². The Morgan fingerprint density at radius 3 is 2.70 bits per heavy atom. The van der Waals surface area contributed by atoms with Crippen LogP contribution in [0.4, 0.5) is 0 Å². The maximum atomic E-state index is 4.40. The number of hydrogen-bond donors (Lipinski definition) is 0. The van der Waals surface area contributed by atoms with Crippen LogP contribution in [0.3, 0.4) is 0 Å². The predicted octanol–water partition coefficient (Wildman–Crippen LogP) is 4.63. The van der Waals surface area contributed by atoms with Gasteiger partial charge in [-0.2, -0.15) is 0 Å². The number of hydrogen-bond acceptors (Lipinski definition) is 1. The summed E-state index contributed by atoms with van der Waals surface area (Å²) in [6, 6.07) is 13.7. The quantitative estimate of drug-likeness (QED) is 0.621.